The quantitative estimate of drug-likeness (QED) is 0.635. The molecule has 7 heteroatoms. The molecule has 0 atom stereocenters. The number of nitrogens with one attached hydrogen (secondary N) is 1. The van der Waals surface area contributed by atoms with Gasteiger partial charge in [-0.3, -0.25) is 0 Å². The molecule has 0 aromatic rings. The lowest BCUT2D eigenvalue weighted by atomic mass is 10.2. The van der Waals surface area contributed by atoms with Gasteiger partial charge >= 0.3 is 12.2 Å². The lowest BCUT2D eigenvalue weighted by Crippen LogP contribution is -2.42. The van der Waals surface area contributed by atoms with Crippen LogP contribution in [0.1, 0.15) is 41.5 Å². The fourth-order valence-electron chi connectivity index (χ4n) is 1.06. The van der Waals surface area contributed by atoms with Crippen molar-refractivity contribution in [3.8, 4) is 0 Å². The molecule has 0 spiro atoms. The number of rotatable bonds is 3. The largest absolute Gasteiger partial charge is 0.534 e. The van der Waals surface area contributed by atoms with Gasteiger partial charge in [-0.2, -0.15) is 0 Å². The maximum Gasteiger partial charge on any atom is 0.534 e. The minimum Gasteiger partial charge on any atom is -0.442 e. The van der Waals surface area contributed by atoms with Crippen molar-refractivity contribution in [1.82, 2.24) is 10.4 Å². The Hall–Kier alpha value is -1.50. The Morgan fingerprint density at radius 2 is 1.50 bits per heavy atom. The summed E-state index contributed by atoms with van der Waals surface area (Å²) in [6.07, 6.45) is -1.68. The summed E-state index contributed by atoms with van der Waals surface area (Å²) in [4.78, 5) is 28.4. The number of hydrogen-bond acceptors (Lipinski definition) is 6. The van der Waals surface area contributed by atoms with Crippen molar-refractivity contribution < 1.29 is 23.9 Å². The number of likely N-dealkylation sites (N-methyl/N-ethyl adjacent to an activating group) is 1. The molecule has 0 aliphatic carbocycles. The molecule has 1 amide bonds. The summed E-state index contributed by atoms with van der Waals surface area (Å²) in [6, 6.07) is 0. The fourth-order valence-corrected chi connectivity index (χ4v) is 1.06. The van der Waals surface area contributed by atoms with Crippen LogP contribution in [0.25, 0.3) is 0 Å². The molecule has 0 aromatic carbocycles. The number of ether oxygens (including phenoxy) is 2. The molecule has 0 rings (SSSR count). The van der Waals surface area contributed by atoms with Crippen LogP contribution in [0.5, 0.6) is 0 Å². The summed E-state index contributed by atoms with van der Waals surface area (Å²) in [6.45, 7) is 10.9. The van der Waals surface area contributed by atoms with Gasteiger partial charge in [0.1, 0.15) is 11.2 Å². The topological polar surface area (TPSA) is 77.1 Å². The van der Waals surface area contributed by atoms with Crippen LogP contribution in [-0.4, -0.2) is 48.7 Å². The second kappa shape index (κ2) is 7.33. The van der Waals surface area contributed by atoms with Crippen molar-refractivity contribution in [2.24, 2.45) is 0 Å². The van der Waals surface area contributed by atoms with Gasteiger partial charge in [0.05, 0.1) is 6.54 Å². The third-order valence-electron chi connectivity index (χ3n) is 1.74. The van der Waals surface area contributed by atoms with Crippen LogP contribution in [0.15, 0.2) is 0 Å². The molecule has 0 radical (unpaired) electrons. The van der Waals surface area contributed by atoms with Crippen molar-refractivity contribution in [1.29, 1.82) is 0 Å². The lowest BCUT2D eigenvalue weighted by Gasteiger charge is -2.27. The number of hydrogen-bond donors (Lipinski definition) is 1. The standard InChI is InChI=1S/C13H26N2O5/c1-12(2,3)18-10(16)15(9-8-14-7)20-11(17)19-13(4,5)6/h14H,8-9H2,1-7H3. The van der Waals surface area contributed by atoms with E-state index < -0.39 is 23.5 Å². The van der Waals surface area contributed by atoms with E-state index in [0.717, 1.165) is 5.06 Å². The molecule has 7 nitrogen and oxygen atoms in total. The average molecular weight is 290 g/mol. The molecule has 0 aliphatic heterocycles. The Morgan fingerprint density at radius 1 is 1.00 bits per heavy atom. The minimum absolute atomic E-state index is 0.157. The van der Waals surface area contributed by atoms with E-state index in [-0.39, 0.29) is 6.54 Å². The summed E-state index contributed by atoms with van der Waals surface area (Å²) >= 11 is 0. The van der Waals surface area contributed by atoms with Crippen LogP contribution in [-0.2, 0) is 14.3 Å². The third kappa shape index (κ3) is 9.43. The first-order valence-electron chi connectivity index (χ1n) is 6.50. The zero-order valence-electron chi connectivity index (χ0n) is 13.4. The average Bonchev–Trinajstić information content (AvgIpc) is 2.18. The Morgan fingerprint density at radius 3 is 1.90 bits per heavy atom. The highest BCUT2D eigenvalue weighted by molar-refractivity contribution is 5.70. The number of hydroxylamine groups is 2. The fraction of sp³-hybridized carbons (Fsp3) is 0.846. The van der Waals surface area contributed by atoms with Gasteiger partial charge in [-0.1, -0.05) is 0 Å². The molecule has 0 saturated heterocycles. The highest BCUT2D eigenvalue weighted by Crippen LogP contribution is 2.12. The number of amides is 1. The van der Waals surface area contributed by atoms with Gasteiger partial charge in [0.15, 0.2) is 0 Å². The second-order valence-electron chi connectivity index (χ2n) is 6.24. The van der Waals surface area contributed by atoms with Crippen molar-refractivity contribution in [2.45, 2.75) is 52.7 Å². The molecule has 20 heavy (non-hydrogen) atoms. The van der Waals surface area contributed by atoms with E-state index in [2.05, 4.69) is 5.32 Å². The molecule has 0 aliphatic rings. The van der Waals surface area contributed by atoms with Gasteiger partial charge in [0.25, 0.3) is 0 Å². The smallest absolute Gasteiger partial charge is 0.442 e. The number of carbonyl (C=O) groups is 2. The first-order valence-corrected chi connectivity index (χ1v) is 6.50. The Kier molecular flexibility index (Phi) is 6.78. The van der Waals surface area contributed by atoms with E-state index in [4.69, 9.17) is 14.3 Å². The predicted molar refractivity (Wildman–Crippen MR) is 74.2 cm³/mol. The first kappa shape index (κ1) is 18.5. The predicted octanol–water partition coefficient (Wildman–Crippen LogP) is 2.31. The molecular weight excluding hydrogens is 264 g/mol. The van der Waals surface area contributed by atoms with Crippen molar-refractivity contribution in [3.05, 3.63) is 0 Å². The van der Waals surface area contributed by atoms with Crippen LogP contribution in [0.2, 0.25) is 0 Å². The number of nitrogens with zero attached hydrogens (tertiary/aromatic N) is 1. The highest BCUT2D eigenvalue weighted by Gasteiger charge is 2.27. The molecular formula is C13H26N2O5. The van der Waals surface area contributed by atoms with Gasteiger partial charge in [0, 0.05) is 6.54 Å². The van der Waals surface area contributed by atoms with E-state index in [0.29, 0.717) is 6.54 Å². The van der Waals surface area contributed by atoms with Crippen LogP contribution < -0.4 is 5.32 Å². The van der Waals surface area contributed by atoms with Crippen molar-refractivity contribution in [2.75, 3.05) is 20.1 Å². The Bertz CT molecular complexity index is 331. The summed E-state index contributed by atoms with van der Waals surface area (Å²) in [7, 11) is 1.72. The lowest BCUT2D eigenvalue weighted by molar-refractivity contribution is -0.135. The van der Waals surface area contributed by atoms with E-state index in [1.54, 1.807) is 48.6 Å². The van der Waals surface area contributed by atoms with Crippen molar-refractivity contribution >= 4 is 12.2 Å². The maximum atomic E-state index is 11.9. The first-order chi connectivity index (χ1) is 8.94. The van der Waals surface area contributed by atoms with E-state index >= 15 is 0 Å². The number of carbonyl (C=O) groups excluding carboxylic acids is 2. The zero-order chi connectivity index (χ0) is 16.0. The second-order valence-corrected chi connectivity index (χ2v) is 6.24. The maximum absolute atomic E-state index is 11.9. The monoisotopic (exact) mass is 290 g/mol. The van der Waals surface area contributed by atoms with Gasteiger partial charge < -0.3 is 19.6 Å². The molecule has 0 bridgehead atoms. The van der Waals surface area contributed by atoms with Crippen LogP contribution >= 0.6 is 0 Å². The molecule has 0 saturated carbocycles. The van der Waals surface area contributed by atoms with Crippen LogP contribution in [0.4, 0.5) is 9.59 Å². The molecule has 0 unspecified atom stereocenters. The summed E-state index contributed by atoms with van der Waals surface area (Å²) < 4.78 is 10.2. The normalized spacial score (nSPS) is 11.8. The zero-order valence-corrected chi connectivity index (χ0v) is 13.4. The van der Waals surface area contributed by atoms with Gasteiger partial charge in [0.2, 0.25) is 0 Å². The van der Waals surface area contributed by atoms with Crippen LogP contribution in [0, 0.1) is 0 Å². The highest BCUT2D eigenvalue weighted by atomic mass is 16.8. The van der Waals surface area contributed by atoms with Gasteiger partial charge in [-0.05, 0) is 48.6 Å². The Balaban J connectivity index is 4.63. The van der Waals surface area contributed by atoms with Gasteiger partial charge in [-0.25, -0.2) is 9.59 Å². The van der Waals surface area contributed by atoms with E-state index in [1.165, 1.54) is 0 Å². The molecule has 0 fully saturated rings. The molecule has 118 valence electrons. The Labute approximate surface area is 120 Å². The van der Waals surface area contributed by atoms with E-state index in [1.807, 2.05) is 0 Å². The van der Waals surface area contributed by atoms with Gasteiger partial charge in [-0.15, -0.1) is 5.06 Å². The SMILES string of the molecule is CNCCN(OC(=O)OC(C)(C)C)C(=O)OC(C)(C)C. The summed E-state index contributed by atoms with van der Waals surface area (Å²) in [5, 5.41) is 3.70. The van der Waals surface area contributed by atoms with E-state index in [9.17, 15) is 9.59 Å². The summed E-state index contributed by atoms with van der Waals surface area (Å²) in [5.41, 5.74) is -1.37. The summed E-state index contributed by atoms with van der Waals surface area (Å²) in [5.74, 6) is 0. The molecule has 1 N–H and O–H groups in total. The third-order valence-corrected chi connectivity index (χ3v) is 1.74. The minimum atomic E-state index is -0.945. The van der Waals surface area contributed by atoms with Crippen LogP contribution in [0.3, 0.4) is 0 Å². The van der Waals surface area contributed by atoms with Crippen molar-refractivity contribution in [3.63, 3.8) is 0 Å². The molecule has 0 heterocycles. The molecule has 0 aromatic heterocycles.